The van der Waals surface area contributed by atoms with Crippen molar-refractivity contribution in [1.29, 1.82) is 0 Å². The van der Waals surface area contributed by atoms with Crippen LogP contribution in [0.4, 0.5) is 5.82 Å². The molecule has 1 aliphatic heterocycles. The van der Waals surface area contributed by atoms with E-state index >= 15 is 0 Å². The molecular weight excluding hydrogens is 404 g/mol. The number of aliphatic hydroxyl groups excluding tert-OH is 1. The first-order chi connectivity index (χ1) is 15.6. The highest BCUT2D eigenvalue weighted by Gasteiger charge is 2.21. The number of β-amino-alcohol motifs (C(OH)–C–C–N with tert-alkyl or cyclic N) is 1. The number of hydrogen-bond acceptors (Lipinski definition) is 7. The standard InChI is InChI=1S/C24H34N6O2/c1-25-19-6-8-20(9-7-19)29-23-12-22(27-16-28-23)24(32)26-13-21(31)15-30-11-10-17-4-2-3-5-18(17)14-30/h2-5,12,16,19-21,25,31H,6-11,13-15H2,1H3,(H,26,32)(H,27,28,29). The third kappa shape index (κ3) is 6.03. The van der Waals surface area contributed by atoms with Crippen LogP contribution in [0.25, 0.3) is 0 Å². The van der Waals surface area contributed by atoms with Gasteiger partial charge in [0.1, 0.15) is 17.8 Å². The Morgan fingerprint density at radius 3 is 2.69 bits per heavy atom. The predicted octanol–water partition coefficient (Wildman–Crippen LogP) is 1.57. The first-order valence-corrected chi connectivity index (χ1v) is 11.6. The van der Waals surface area contributed by atoms with E-state index in [9.17, 15) is 9.90 Å². The summed E-state index contributed by atoms with van der Waals surface area (Å²) >= 11 is 0. The van der Waals surface area contributed by atoms with E-state index in [1.54, 1.807) is 6.07 Å². The molecule has 4 rings (SSSR count). The lowest BCUT2D eigenvalue weighted by atomic mass is 9.91. The van der Waals surface area contributed by atoms with E-state index in [1.807, 2.05) is 7.05 Å². The van der Waals surface area contributed by atoms with Crippen molar-refractivity contribution in [2.24, 2.45) is 0 Å². The van der Waals surface area contributed by atoms with Gasteiger partial charge in [-0.3, -0.25) is 9.69 Å². The Morgan fingerprint density at radius 1 is 1.16 bits per heavy atom. The lowest BCUT2D eigenvalue weighted by molar-refractivity contribution is 0.0838. The molecule has 2 aromatic rings. The summed E-state index contributed by atoms with van der Waals surface area (Å²) in [4.78, 5) is 23.2. The average molecular weight is 439 g/mol. The highest BCUT2D eigenvalue weighted by Crippen LogP contribution is 2.21. The Kier molecular flexibility index (Phi) is 7.68. The number of benzene rings is 1. The molecule has 8 heteroatoms. The summed E-state index contributed by atoms with van der Waals surface area (Å²) in [6.45, 7) is 2.47. The molecule has 2 aliphatic rings. The van der Waals surface area contributed by atoms with Gasteiger partial charge in [-0.25, -0.2) is 9.97 Å². The van der Waals surface area contributed by atoms with Crippen molar-refractivity contribution >= 4 is 11.7 Å². The van der Waals surface area contributed by atoms with Gasteiger partial charge >= 0.3 is 0 Å². The Labute approximate surface area is 189 Å². The van der Waals surface area contributed by atoms with E-state index in [0.717, 1.165) is 45.2 Å². The number of aliphatic hydroxyl groups is 1. The van der Waals surface area contributed by atoms with Gasteiger partial charge in [-0.05, 0) is 50.3 Å². The Hall–Kier alpha value is -2.55. The molecule has 1 fully saturated rings. The topological polar surface area (TPSA) is 102 Å². The Bertz CT molecular complexity index is 900. The normalized spacial score (nSPS) is 22.1. The van der Waals surface area contributed by atoms with Gasteiger partial charge in [-0.15, -0.1) is 0 Å². The quantitative estimate of drug-likeness (QED) is 0.496. The third-order valence-corrected chi connectivity index (χ3v) is 6.56. The molecule has 0 radical (unpaired) electrons. The summed E-state index contributed by atoms with van der Waals surface area (Å²) in [5, 5.41) is 20.0. The SMILES string of the molecule is CNC1CCC(Nc2cc(C(=O)NCC(O)CN3CCc4ccccc4C3)ncn2)CC1. The average Bonchev–Trinajstić information content (AvgIpc) is 2.83. The molecule has 1 unspecified atom stereocenters. The van der Waals surface area contributed by atoms with Crippen LogP contribution in [-0.2, 0) is 13.0 Å². The summed E-state index contributed by atoms with van der Waals surface area (Å²) < 4.78 is 0. The number of anilines is 1. The van der Waals surface area contributed by atoms with E-state index < -0.39 is 6.10 Å². The van der Waals surface area contributed by atoms with Gasteiger partial charge in [0.15, 0.2) is 0 Å². The van der Waals surface area contributed by atoms with Gasteiger partial charge in [0.05, 0.1) is 6.10 Å². The maximum atomic E-state index is 12.6. The fraction of sp³-hybridized carbons (Fsp3) is 0.542. The molecule has 1 saturated carbocycles. The minimum atomic E-state index is -0.633. The largest absolute Gasteiger partial charge is 0.390 e. The van der Waals surface area contributed by atoms with Crippen molar-refractivity contribution in [3.63, 3.8) is 0 Å². The number of carbonyl (C=O) groups excluding carboxylic acids is 1. The molecule has 2 heterocycles. The molecule has 0 spiro atoms. The van der Waals surface area contributed by atoms with Crippen molar-refractivity contribution in [2.75, 3.05) is 32.0 Å². The van der Waals surface area contributed by atoms with E-state index in [0.29, 0.717) is 30.1 Å². The highest BCUT2D eigenvalue weighted by atomic mass is 16.3. The molecule has 32 heavy (non-hydrogen) atoms. The Balaban J connectivity index is 1.23. The van der Waals surface area contributed by atoms with Gasteiger partial charge in [0.2, 0.25) is 0 Å². The molecule has 0 bridgehead atoms. The number of carbonyl (C=O) groups is 1. The molecule has 1 atom stereocenters. The van der Waals surface area contributed by atoms with Crippen LogP contribution in [0, 0.1) is 0 Å². The fourth-order valence-electron chi connectivity index (χ4n) is 4.67. The van der Waals surface area contributed by atoms with Crippen molar-refractivity contribution < 1.29 is 9.90 Å². The molecule has 1 aromatic carbocycles. The summed E-state index contributed by atoms with van der Waals surface area (Å²) in [5.41, 5.74) is 3.01. The minimum Gasteiger partial charge on any atom is -0.390 e. The van der Waals surface area contributed by atoms with Crippen LogP contribution < -0.4 is 16.0 Å². The van der Waals surface area contributed by atoms with Crippen LogP contribution in [0.2, 0.25) is 0 Å². The first-order valence-electron chi connectivity index (χ1n) is 11.6. The summed E-state index contributed by atoms with van der Waals surface area (Å²) in [5.74, 6) is 0.378. The first kappa shape index (κ1) is 22.6. The lowest BCUT2D eigenvalue weighted by Crippen LogP contribution is -2.42. The smallest absolute Gasteiger partial charge is 0.270 e. The molecule has 172 valence electrons. The molecular formula is C24H34N6O2. The zero-order chi connectivity index (χ0) is 22.3. The second kappa shape index (κ2) is 10.8. The van der Waals surface area contributed by atoms with E-state index in [4.69, 9.17) is 0 Å². The number of rotatable bonds is 8. The van der Waals surface area contributed by atoms with E-state index in [-0.39, 0.29) is 12.5 Å². The fourth-order valence-corrected chi connectivity index (χ4v) is 4.67. The van der Waals surface area contributed by atoms with Crippen LogP contribution in [0.3, 0.4) is 0 Å². The van der Waals surface area contributed by atoms with Crippen molar-refractivity contribution in [1.82, 2.24) is 25.5 Å². The van der Waals surface area contributed by atoms with Gasteiger partial charge in [-0.2, -0.15) is 0 Å². The van der Waals surface area contributed by atoms with Gasteiger partial charge in [-0.1, -0.05) is 24.3 Å². The minimum absolute atomic E-state index is 0.192. The van der Waals surface area contributed by atoms with Crippen molar-refractivity contribution in [3.05, 3.63) is 53.5 Å². The summed E-state index contributed by atoms with van der Waals surface area (Å²) in [6.07, 6.45) is 6.18. The predicted molar refractivity (Wildman–Crippen MR) is 125 cm³/mol. The van der Waals surface area contributed by atoms with Crippen LogP contribution in [-0.4, -0.2) is 70.8 Å². The maximum absolute atomic E-state index is 12.6. The Morgan fingerprint density at radius 2 is 1.91 bits per heavy atom. The van der Waals surface area contributed by atoms with E-state index in [2.05, 4.69) is 55.1 Å². The molecule has 8 nitrogen and oxygen atoms in total. The van der Waals surface area contributed by atoms with Crippen molar-refractivity contribution in [2.45, 2.75) is 56.8 Å². The van der Waals surface area contributed by atoms with Crippen LogP contribution in [0.15, 0.2) is 36.7 Å². The van der Waals surface area contributed by atoms with Crippen molar-refractivity contribution in [3.8, 4) is 0 Å². The van der Waals surface area contributed by atoms with Gasteiger partial charge in [0.25, 0.3) is 5.91 Å². The van der Waals surface area contributed by atoms with Crippen LogP contribution >= 0.6 is 0 Å². The number of nitrogens with zero attached hydrogens (tertiary/aromatic N) is 3. The lowest BCUT2D eigenvalue weighted by Gasteiger charge is -2.30. The molecule has 0 saturated heterocycles. The molecule has 4 N–H and O–H groups in total. The number of hydrogen-bond donors (Lipinski definition) is 4. The monoisotopic (exact) mass is 438 g/mol. The highest BCUT2D eigenvalue weighted by molar-refractivity contribution is 5.92. The second-order valence-corrected chi connectivity index (χ2v) is 8.89. The number of amides is 1. The number of nitrogens with one attached hydrogen (secondary N) is 3. The summed E-state index contributed by atoms with van der Waals surface area (Å²) in [6, 6.07) is 11.1. The van der Waals surface area contributed by atoms with Gasteiger partial charge in [0, 0.05) is 44.3 Å². The zero-order valence-electron chi connectivity index (χ0n) is 18.8. The van der Waals surface area contributed by atoms with Gasteiger partial charge < -0.3 is 21.1 Å². The molecule has 1 aliphatic carbocycles. The number of aromatic nitrogens is 2. The van der Waals surface area contributed by atoms with E-state index in [1.165, 1.54) is 17.5 Å². The molecule has 1 aromatic heterocycles. The maximum Gasteiger partial charge on any atom is 0.270 e. The second-order valence-electron chi connectivity index (χ2n) is 8.89. The molecule has 1 amide bonds. The zero-order valence-corrected chi connectivity index (χ0v) is 18.8. The third-order valence-electron chi connectivity index (χ3n) is 6.56. The van der Waals surface area contributed by atoms with Crippen LogP contribution in [0.1, 0.15) is 47.3 Å². The van der Waals surface area contributed by atoms with Crippen LogP contribution in [0.5, 0.6) is 0 Å². The summed E-state index contributed by atoms with van der Waals surface area (Å²) in [7, 11) is 2.01. The number of fused-ring (bicyclic) bond motifs is 1.